The molecule has 0 aromatic carbocycles. The minimum Gasteiger partial charge on any atom is -0.378 e. The van der Waals surface area contributed by atoms with Crippen LogP contribution in [0.3, 0.4) is 0 Å². The highest BCUT2D eigenvalue weighted by Gasteiger charge is 2.49. The molecule has 2 unspecified atom stereocenters. The molecule has 2 nitrogen and oxygen atoms in total. The van der Waals surface area contributed by atoms with Gasteiger partial charge in [-0.05, 0) is 44.4 Å². The van der Waals surface area contributed by atoms with Gasteiger partial charge in [-0.25, -0.2) is 0 Å². The quantitative estimate of drug-likeness (QED) is 0.824. The van der Waals surface area contributed by atoms with Crippen LogP contribution in [-0.2, 0) is 4.74 Å². The zero-order chi connectivity index (χ0) is 13.4. The number of rotatable bonds is 4. The Morgan fingerprint density at radius 1 is 1.11 bits per heavy atom. The van der Waals surface area contributed by atoms with Crippen molar-refractivity contribution in [3.05, 3.63) is 0 Å². The fraction of sp³-hybridized carbons (Fsp3) is 1.00. The Hall–Kier alpha value is -0.0800. The van der Waals surface area contributed by atoms with E-state index in [4.69, 9.17) is 4.74 Å². The average Bonchev–Trinajstić information content (AvgIpc) is 2.30. The Bertz CT molecular complexity index is 275. The smallest absolute Gasteiger partial charge is 0.0655 e. The Kier molecular flexibility index (Phi) is 4.08. The fourth-order valence-electron chi connectivity index (χ4n) is 3.50. The van der Waals surface area contributed by atoms with Crippen molar-refractivity contribution in [2.45, 2.75) is 84.9 Å². The maximum atomic E-state index is 5.81. The molecule has 0 radical (unpaired) electrons. The first-order valence-corrected chi connectivity index (χ1v) is 7.73. The van der Waals surface area contributed by atoms with Crippen molar-refractivity contribution in [3.63, 3.8) is 0 Å². The van der Waals surface area contributed by atoms with Crippen molar-refractivity contribution >= 4 is 0 Å². The van der Waals surface area contributed by atoms with Crippen molar-refractivity contribution in [2.24, 2.45) is 10.8 Å². The summed E-state index contributed by atoms with van der Waals surface area (Å²) in [5, 5.41) is 3.89. The predicted molar refractivity (Wildman–Crippen MR) is 76.8 cm³/mol. The molecule has 0 bridgehead atoms. The standard InChI is InChI=1S/C16H31NO/c1-6-18-14-11-13(16(14,4)5)17-12-7-9-15(2,3)10-8-12/h12-14,17H,6-11H2,1-5H3. The van der Waals surface area contributed by atoms with E-state index in [9.17, 15) is 0 Å². The zero-order valence-electron chi connectivity index (χ0n) is 12.9. The van der Waals surface area contributed by atoms with Crippen LogP contribution in [0.25, 0.3) is 0 Å². The van der Waals surface area contributed by atoms with Crippen LogP contribution >= 0.6 is 0 Å². The molecule has 18 heavy (non-hydrogen) atoms. The van der Waals surface area contributed by atoms with Crippen LogP contribution in [0, 0.1) is 10.8 Å². The van der Waals surface area contributed by atoms with Gasteiger partial charge in [0.15, 0.2) is 0 Å². The molecule has 2 aliphatic rings. The van der Waals surface area contributed by atoms with Crippen LogP contribution in [0.1, 0.15) is 66.7 Å². The molecule has 2 atom stereocenters. The molecule has 1 N–H and O–H groups in total. The number of hydrogen-bond acceptors (Lipinski definition) is 2. The Morgan fingerprint density at radius 2 is 1.72 bits per heavy atom. The van der Waals surface area contributed by atoms with E-state index in [-0.39, 0.29) is 0 Å². The molecular weight excluding hydrogens is 222 g/mol. The number of hydrogen-bond donors (Lipinski definition) is 1. The summed E-state index contributed by atoms with van der Waals surface area (Å²) in [6.07, 6.45) is 7.08. The van der Waals surface area contributed by atoms with Gasteiger partial charge < -0.3 is 10.1 Å². The summed E-state index contributed by atoms with van der Waals surface area (Å²) in [5.74, 6) is 0. The van der Waals surface area contributed by atoms with Gasteiger partial charge in [-0.15, -0.1) is 0 Å². The molecule has 0 aromatic rings. The van der Waals surface area contributed by atoms with Gasteiger partial charge in [-0.3, -0.25) is 0 Å². The van der Waals surface area contributed by atoms with E-state index in [1.807, 2.05) is 0 Å². The molecule has 2 fully saturated rings. The summed E-state index contributed by atoms with van der Waals surface area (Å²) >= 11 is 0. The Balaban J connectivity index is 1.79. The van der Waals surface area contributed by atoms with Crippen LogP contribution in [0.15, 0.2) is 0 Å². The highest BCUT2D eigenvalue weighted by Crippen LogP contribution is 2.44. The van der Waals surface area contributed by atoms with Crippen molar-refractivity contribution < 1.29 is 4.74 Å². The molecule has 0 spiro atoms. The van der Waals surface area contributed by atoms with Crippen molar-refractivity contribution in [1.82, 2.24) is 5.32 Å². The monoisotopic (exact) mass is 253 g/mol. The highest BCUT2D eigenvalue weighted by molar-refractivity contribution is 5.04. The Labute approximate surface area is 113 Å². The van der Waals surface area contributed by atoms with E-state index in [1.165, 1.54) is 32.1 Å². The first-order valence-electron chi connectivity index (χ1n) is 7.73. The van der Waals surface area contributed by atoms with Gasteiger partial charge in [0.2, 0.25) is 0 Å². The molecule has 0 aliphatic heterocycles. The molecular formula is C16H31NO. The molecule has 0 saturated heterocycles. The summed E-state index contributed by atoms with van der Waals surface area (Å²) in [5.41, 5.74) is 0.879. The van der Waals surface area contributed by atoms with Gasteiger partial charge in [0.1, 0.15) is 0 Å². The third-order valence-electron chi connectivity index (χ3n) is 5.32. The summed E-state index contributed by atoms with van der Waals surface area (Å²) in [6.45, 7) is 12.4. The first kappa shape index (κ1) is 14.3. The second-order valence-electron chi connectivity index (χ2n) is 7.66. The normalized spacial score (nSPS) is 35.2. The van der Waals surface area contributed by atoms with Crippen molar-refractivity contribution in [1.29, 1.82) is 0 Å². The van der Waals surface area contributed by atoms with Gasteiger partial charge in [0.25, 0.3) is 0 Å². The summed E-state index contributed by atoms with van der Waals surface area (Å²) in [6, 6.07) is 1.39. The molecule has 2 rings (SSSR count). The van der Waals surface area contributed by atoms with Crippen molar-refractivity contribution in [2.75, 3.05) is 6.61 Å². The molecule has 2 saturated carbocycles. The van der Waals surface area contributed by atoms with Gasteiger partial charge in [-0.2, -0.15) is 0 Å². The molecule has 2 heteroatoms. The summed E-state index contributed by atoms with van der Waals surface area (Å²) in [4.78, 5) is 0. The van der Waals surface area contributed by atoms with E-state index >= 15 is 0 Å². The summed E-state index contributed by atoms with van der Waals surface area (Å²) in [7, 11) is 0. The van der Waals surface area contributed by atoms with E-state index in [2.05, 4.69) is 39.9 Å². The van der Waals surface area contributed by atoms with Crippen LogP contribution in [0.4, 0.5) is 0 Å². The van der Waals surface area contributed by atoms with Gasteiger partial charge in [0.05, 0.1) is 6.10 Å². The second-order valence-corrected chi connectivity index (χ2v) is 7.66. The van der Waals surface area contributed by atoms with E-state index in [1.54, 1.807) is 0 Å². The van der Waals surface area contributed by atoms with Gasteiger partial charge >= 0.3 is 0 Å². The predicted octanol–water partition coefficient (Wildman–Crippen LogP) is 3.75. The third-order valence-corrected chi connectivity index (χ3v) is 5.32. The molecule has 0 aromatic heterocycles. The maximum absolute atomic E-state index is 5.81. The van der Waals surface area contributed by atoms with Crippen LogP contribution in [0.2, 0.25) is 0 Å². The minimum absolute atomic E-state index is 0.309. The minimum atomic E-state index is 0.309. The van der Waals surface area contributed by atoms with Gasteiger partial charge in [0, 0.05) is 24.1 Å². The third kappa shape index (κ3) is 2.91. The zero-order valence-corrected chi connectivity index (χ0v) is 12.9. The SMILES string of the molecule is CCOC1CC(NC2CCC(C)(C)CC2)C1(C)C. The average molecular weight is 253 g/mol. The van der Waals surface area contributed by atoms with Crippen LogP contribution in [-0.4, -0.2) is 24.8 Å². The van der Waals surface area contributed by atoms with E-state index in [0.29, 0.717) is 23.0 Å². The lowest BCUT2D eigenvalue weighted by Gasteiger charge is -2.53. The largest absolute Gasteiger partial charge is 0.378 e. The highest BCUT2D eigenvalue weighted by atomic mass is 16.5. The number of ether oxygens (including phenoxy) is 1. The molecule has 0 heterocycles. The van der Waals surface area contributed by atoms with Crippen LogP contribution < -0.4 is 5.32 Å². The molecule has 106 valence electrons. The lowest BCUT2D eigenvalue weighted by Crippen LogP contribution is -2.63. The Morgan fingerprint density at radius 3 is 2.22 bits per heavy atom. The second kappa shape index (κ2) is 5.13. The first-order chi connectivity index (χ1) is 8.35. The van der Waals surface area contributed by atoms with E-state index < -0.39 is 0 Å². The van der Waals surface area contributed by atoms with E-state index in [0.717, 1.165) is 12.6 Å². The summed E-state index contributed by atoms with van der Waals surface area (Å²) < 4.78 is 5.81. The lowest BCUT2D eigenvalue weighted by molar-refractivity contribution is -0.117. The topological polar surface area (TPSA) is 21.3 Å². The fourth-order valence-corrected chi connectivity index (χ4v) is 3.50. The van der Waals surface area contributed by atoms with Gasteiger partial charge in [-0.1, -0.05) is 27.7 Å². The lowest BCUT2D eigenvalue weighted by atomic mass is 9.63. The maximum Gasteiger partial charge on any atom is 0.0655 e. The molecule has 2 aliphatic carbocycles. The molecule has 0 amide bonds. The number of nitrogens with one attached hydrogen (secondary N) is 1. The van der Waals surface area contributed by atoms with Crippen molar-refractivity contribution in [3.8, 4) is 0 Å². The van der Waals surface area contributed by atoms with Crippen LogP contribution in [0.5, 0.6) is 0 Å².